The number of nitrogens with zero attached hydrogens (tertiary/aromatic N) is 1. The molecule has 114 valence electrons. The zero-order chi connectivity index (χ0) is 15.0. The summed E-state index contributed by atoms with van der Waals surface area (Å²) in [7, 11) is 0. The van der Waals surface area contributed by atoms with Gasteiger partial charge in [0, 0.05) is 12.6 Å². The van der Waals surface area contributed by atoms with Crippen LogP contribution < -0.4 is 5.32 Å². The molecule has 2 atom stereocenters. The van der Waals surface area contributed by atoms with Crippen molar-refractivity contribution in [2.24, 2.45) is 5.41 Å². The molecule has 2 aliphatic rings. The molecule has 2 amide bonds. The van der Waals surface area contributed by atoms with Gasteiger partial charge in [-0.1, -0.05) is 20.8 Å². The summed E-state index contributed by atoms with van der Waals surface area (Å²) in [5.74, 6) is -0.876. The fourth-order valence-electron chi connectivity index (χ4n) is 3.73. The van der Waals surface area contributed by atoms with Crippen LogP contribution in [-0.2, 0) is 4.79 Å². The maximum atomic E-state index is 12.4. The molecule has 1 saturated carbocycles. The van der Waals surface area contributed by atoms with Crippen LogP contribution in [0.25, 0.3) is 0 Å². The van der Waals surface area contributed by atoms with E-state index in [4.69, 9.17) is 0 Å². The Bertz CT molecular complexity index is 408. The number of nitrogens with one attached hydrogen (secondary N) is 1. The number of hydrogen-bond acceptors (Lipinski definition) is 2. The van der Waals surface area contributed by atoms with Crippen LogP contribution in [0.2, 0.25) is 0 Å². The van der Waals surface area contributed by atoms with Crippen molar-refractivity contribution in [3.63, 3.8) is 0 Å². The average molecular weight is 282 g/mol. The number of hydrogen-bond donors (Lipinski definition) is 2. The number of carboxylic acid groups (broad SMARTS) is 1. The third-order valence-electron chi connectivity index (χ3n) is 5.01. The van der Waals surface area contributed by atoms with Crippen molar-refractivity contribution < 1.29 is 14.7 Å². The van der Waals surface area contributed by atoms with E-state index in [1.165, 1.54) is 0 Å². The van der Waals surface area contributed by atoms with E-state index in [9.17, 15) is 14.7 Å². The lowest BCUT2D eigenvalue weighted by Gasteiger charge is -2.34. The monoisotopic (exact) mass is 282 g/mol. The van der Waals surface area contributed by atoms with Crippen molar-refractivity contribution >= 4 is 12.0 Å². The van der Waals surface area contributed by atoms with Gasteiger partial charge in [-0.3, -0.25) is 0 Å². The minimum atomic E-state index is -1.00. The maximum absolute atomic E-state index is 12.4. The second-order valence-corrected chi connectivity index (χ2v) is 7.00. The Balaban J connectivity index is 2.03. The highest BCUT2D eigenvalue weighted by Gasteiger charge is 2.49. The second-order valence-electron chi connectivity index (χ2n) is 7.00. The minimum Gasteiger partial charge on any atom is -0.479 e. The summed E-state index contributed by atoms with van der Waals surface area (Å²) in [6.45, 7) is 6.81. The predicted octanol–water partition coefficient (Wildman–Crippen LogP) is 2.60. The third-order valence-corrected chi connectivity index (χ3v) is 5.01. The van der Waals surface area contributed by atoms with Crippen LogP contribution in [0.4, 0.5) is 4.79 Å². The van der Waals surface area contributed by atoms with E-state index in [0.717, 1.165) is 25.7 Å². The van der Waals surface area contributed by atoms with Crippen LogP contribution in [0.3, 0.4) is 0 Å². The number of rotatable bonds is 3. The first-order valence-electron chi connectivity index (χ1n) is 7.62. The van der Waals surface area contributed by atoms with Gasteiger partial charge in [-0.05, 0) is 43.9 Å². The molecule has 1 heterocycles. The number of carbonyl (C=O) groups is 2. The molecule has 0 bridgehead atoms. The molecule has 0 aromatic heterocycles. The Labute approximate surface area is 120 Å². The van der Waals surface area contributed by atoms with Crippen molar-refractivity contribution in [2.45, 2.75) is 70.9 Å². The van der Waals surface area contributed by atoms with Crippen LogP contribution in [0.15, 0.2) is 0 Å². The molecule has 2 unspecified atom stereocenters. The summed E-state index contributed by atoms with van der Waals surface area (Å²) in [4.78, 5) is 25.6. The quantitative estimate of drug-likeness (QED) is 0.836. The van der Waals surface area contributed by atoms with Gasteiger partial charge >= 0.3 is 12.0 Å². The van der Waals surface area contributed by atoms with Crippen molar-refractivity contribution in [1.29, 1.82) is 0 Å². The molecule has 0 spiro atoms. The Morgan fingerprint density at radius 1 is 1.35 bits per heavy atom. The Morgan fingerprint density at radius 3 is 2.55 bits per heavy atom. The molecule has 2 rings (SSSR count). The number of amides is 2. The molecule has 1 saturated heterocycles. The largest absolute Gasteiger partial charge is 0.479 e. The van der Waals surface area contributed by atoms with E-state index < -0.39 is 11.5 Å². The van der Waals surface area contributed by atoms with Gasteiger partial charge in [-0.2, -0.15) is 0 Å². The Hall–Kier alpha value is -1.26. The normalized spacial score (nSPS) is 32.4. The summed E-state index contributed by atoms with van der Waals surface area (Å²) in [5, 5.41) is 12.5. The lowest BCUT2D eigenvalue weighted by atomic mass is 9.92. The third kappa shape index (κ3) is 2.63. The summed E-state index contributed by atoms with van der Waals surface area (Å²) in [6, 6.07) is -0.0177. The molecule has 1 aliphatic heterocycles. The Kier molecular flexibility index (Phi) is 3.98. The highest BCUT2D eigenvalue weighted by molar-refractivity contribution is 5.87. The van der Waals surface area contributed by atoms with E-state index >= 15 is 0 Å². The van der Waals surface area contributed by atoms with Crippen LogP contribution in [0, 0.1) is 5.41 Å². The van der Waals surface area contributed by atoms with Crippen LogP contribution in [-0.4, -0.2) is 40.1 Å². The highest BCUT2D eigenvalue weighted by Crippen LogP contribution is 2.38. The van der Waals surface area contributed by atoms with Gasteiger partial charge in [0.15, 0.2) is 0 Å². The summed E-state index contributed by atoms with van der Waals surface area (Å²) >= 11 is 0. The van der Waals surface area contributed by atoms with Crippen molar-refractivity contribution in [1.82, 2.24) is 10.2 Å². The number of aliphatic carboxylic acids is 1. The van der Waals surface area contributed by atoms with Gasteiger partial charge in [-0.15, -0.1) is 0 Å². The Morgan fingerprint density at radius 2 is 2.05 bits per heavy atom. The van der Waals surface area contributed by atoms with Gasteiger partial charge in [0.2, 0.25) is 0 Å². The van der Waals surface area contributed by atoms with Crippen molar-refractivity contribution in [3.05, 3.63) is 0 Å². The summed E-state index contributed by atoms with van der Waals surface area (Å²) in [6.07, 6.45) is 4.85. The van der Waals surface area contributed by atoms with Gasteiger partial charge in [0.05, 0.1) is 0 Å². The van der Waals surface area contributed by atoms with Crippen LogP contribution >= 0.6 is 0 Å². The molecule has 0 radical (unpaired) electrons. The molecule has 0 aromatic rings. The first-order valence-corrected chi connectivity index (χ1v) is 7.62. The zero-order valence-electron chi connectivity index (χ0n) is 12.7. The number of urea groups is 1. The van der Waals surface area contributed by atoms with Crippen LogP contribution in [0.5, 0.6) is 0 Å². The van der Waals surface area contributed by atoms with Gasteiger partial charge in [-0.25, -0.2) is 9.59 Å². The molecular formula is C15H26N2O3. The second kappa shape index (κ2) is 5.26. The minimum absolute atomic E-state index is 0.182. The molecule has 1 aliphatic carbocycles. The van der Waals surface area contributed by atoms with E-state index in [-0.39, 0.29) is 17.5 Å². The first-order chi connectivity index (χ1) is 9.31. The molecule has 2 fully saturated rings. The number of carboxylic acids is 1. The van der Waals surface area contributed by atoms with Crippen molar-refractivity contribution in [2.75, 3.05) is 6.54 Å². The number of carbonyl (C=O) groups excluding carboxylic acids is 1. The van der Waals surface area contributed by atoms with Crippen LogP contribution in [0.1, 0.15) is 59.3 Å². The van der Waals surface area contributed by atoms with Gasteiger partial charge in [0.25, 0.3) is 0 Å². The SMILES string of the molecule is CCC1(C(=O)O)CCCN1C(=O)NC1CCC(C)(C)C1. The molecule has 0 aromatic carbocycles. The fraction of sp³-hybridized carbons (Fsp3) is 0.867. The standard InChI is InChI=1S/C15H26N2O3/c1-4-15(12(18)19)7-5-9-17(15)13(20)16-11-6-8-14(2,3)10-11/h11H,4-10H2,1-3H3,(H,16,20)(H,18,19). The smallest absolute Gasteiger partial charge is 0.329 e. The molecule has 5 nitrogen and oxygen atoms in total. The molecule has 2 N–H and O–H groups in total. The lowest BCUT2D eigenvalue weighted by Crippen LogP contribution is -2.56. The van der Waals surface area contributed by atoms with Crippen molar-refractivity contribution in [3.8, 4) is 0 Å². The van der Waals surface area contributed by atoms with E-state index in [1.807, 2.05) is 6.92 Å². The average Bonchev–Trinajstić information content (AvgIpc) is 2.93. The fourth-order valence-corrected chi connectivity index (χ4v) is 3.73. The van der Waals surface area contributed by atoms with Gasteiger partial charge < -0.3 is 15.3 Å². The van der Waals surface area contributed by atoms with E-state index in [1.54, 1.807) is 4.90 Å². The predicted molar refractivity (Wildman–Crippen MR) is 76.5 cm³/mol. The lowest BCUT2D eigenvalue weighted by molar-refractivity contribution is -0.148. The summed E-state index contributed by atoms with van der Waals surface area (Å²) in [5.41, 5.74) is -0.726. The van der Waals surface area contributed by atoms with Gasteiger partial charge in [0.1, 0.15) is 5.54 Å². The molecular weight excluding hydrogens is 256 g/mol. The molecule has 20 heavy (non-hydrogen) atoms. The zero-order valence-corrected chi connectivity index (χ0v) is 12.7. The first kappa shape index (κ1) is 15.1. The van der Waals surface area contributed by atoms with E-state index in [0.29, 0.717) is 19.4 Å². The topological polar surface area (TPSA) is 69.6 Å². The van der Waals surface area contributed by atoms with E-state index in [2.05, 4.69) is 19.2 Å². The summed E-state index contributed by atoms with van der Waals surface area (Å²) < 4.78 is 0. The highest BCUT2D eigenvalue weighted by atomic mass is 16.4. The number of likely N-dealkylation sites (tertiary alicyclic amines) is 1. The maximum Gasteiger partial charge on any atom is 0.329 e. The molecule has 5 heteroatoms.